The van der Waals surface area contributed by atoms with Crippen LogP contribution in [0, 0.1) is 5.92 Å². The molecule has 0 radical (unpaired) electrons. The zero-order valence-electron chi connectivity index (χ0n) is 12.0. The molecule has 0 unspecified atom stereocenters. The molecular weight excluding hydrogens is 220 g/mol. The van der Waals surface area contributed by atoms with Gasteiger partial charge in [-0.2, -0.15) is 0 Å². The van der Waals surface area contributed by atoms with Gasteiger partial charge in [0.2, 0.25) is 0 Å². The summed E-state index contributed by atoms with van der Waals surface area (Å²) in [5.74, 6) is 1.89. The lowest BCUT2D eigenvalue weighted by atomic mass is 9.85. The van der Waals surface area contributed by atoms with Gasteiger partial charge in [-0.3, -0.25) is 0 Å². The molecule has 0 aromatic heterocycles. The molecule has 1 saturated carbocycles. The molecule has 2 rings (SSSR count). The number of ether oxygens (including phenoxy) is 1. The Morgan fingerprint density at radius 1 is 1.00 bits per heavy atom. The van der Waals surface area contributed by atoms with Crippen molar-refractivity contribution >= 4 is 0 Å². The average molecular weight is 246 g/mol. The molecular formula is C17H26O. The van der Waals surface area contributed by atoms with Gasteiger partial charge in [-0.05, 0) is 50.8 Å². The van der Waals surface area contributed by atoms with E-state index < -0.39 is 0 Å². The minimum Gasteiger partial charge on any atom is -0.488 e. The van der Waals surface area contributed by atoms with Crippen LogP contribution >= 0.6 is 0 Å². The summed E-state index contributed by atoms with van der Waals surface area (Å²) >= 11 is 0. The third-order valence-corrected chi connectivity index (χ3v) is 3.60. The molecule has 18 heavy (non-hydrogen) atoms. The average Bonchev–Trinajstić information content (AvgIpc) is 2.31. The third kappa shape index (κ3) is 4.36. The molecule has 0 amide bonds. The van der Waals surface area contributed by atoms with Crippen LogP contribution in [0.3, 0.4) is 0 Å². The van der Waals surface area contributed by atoms with E-state index in [1.54, 1.807) is 0 Å². The van der Waals surface area contributed by atoms with E-state index >= 15 is 0 Å². The lowest BCUT2D eigenvalue weighted by Gasteiger charge is -2.23. The minimum atomic E-state index is -0.106. The van der Waals surface area contributed by atoms with Crippen molar-refractivity contribution in [3.63, 3.8) is 0 Å². The van der Waals surface area contributed by atoms with E-state index in [1.165, 1.54) is 44.1 Å². The van der Waals surface area contributed by atoms with Gasteiger partial charge in [0.05, 0.1) is 0 Å². The van der Waals surface area contributed by atoms with Gasteiger partial charge < -0.3 is 4.74 Å². The smallest absolute Gasteiger partial charge is 0.120 e. The molecule has 1 aliphatic rings. The molecule has 1 nitrogen and oxygen atoms in total. The van der Waals surface area contributed by atoms with Crippen molar-refractivity contribution < 1.29 is 4.74 Å². The molecule has 1 heteroatoms. The van der Waals surface area contributed by atoms with Crippen LogP contribution in [0.5, 0.6) is 5.75 Å². The standard InChI is InChI=1S/C17H26O/c1-17(2,3)18-16-11-9-15(10-12-16)13-14-7-5-4-6-8-14/h9-12,14H,4-8,13H2,1-3H3. The molecule has 0 aliphatic heterocycles. The Morgan fingerprint density at radius 3 is 2.17 bits per heavy atom. The quantitative estimate of drug-likeness (QED) is 0.730. The van der Waals surface area contributed by atoms with E-state index in [0.29, 0.717) is 0 Å². The first-order valence-corrected chi connectivity index (χ1v) is 7.31. The van der Waals surface area contributed by atoms with Crippen LogP contribution < -0.4 is 4.74 Å². The van der Waals surface area contributed by atoms with E-state index in [9.17, 15) is 0 Å². The van der Waals surface area contributed by atoms with Crippen LogP contribution in [0.25, 0.3) is 0 Å². The Labute approximate surface area is 112 Å². The summed E-state index contributed by atoms with van der Waals surface area (Å²) in [6.07, 6.45) is 8.37. The van der Waals surface area contributed by atoms with E-state index in [0.717, 1.165) is 11.7 Å². The minimum absolute atomic E-state index is 0.106. The van der Waals surface area contributed by atoms with Crippen LogP contribution in [-0.4, -0.2) is 5.60 Å². The van der Waals surface area contributed by atoms with Crippen LogP contribution in [0.15, 0.2) is 24.3 Å². The highest BCUT2D eigenvalue weighted by Crippen LogP contribution is 2.27. The van der Waals surface area contributed by atoms with Crippen molar-refractivity contribution in [1.29, 1.82) is 0 Å². The Hall–Kier alpha value is -0.980. The lowest BCUT2D eigenvalue weighted by molar-refractivity contribution is 0.131. The van der Waals surface area contributed by atoms with Crippen LogP contribution in [0.1, 0.15) is 58.4 Å². The van der Waals surface area contributed by atoms with Crippen LogP contribution in [-0.2, 0) is 6.42 Å². The van der Waals surface area contributed by atoms with E-state index in [-0.39, 0.29) is 5.60 Å². The van der Waals surface area contributed by atoms with Gasteiger partial charge in [-0.25, -0.2) is 0 Å². The second-order valence-corrected chi connectivity index (χ2v) is 6.57. The first-order chi connectivity index (χ1) is 8.53. The molecule has 1 aromatic carbocycles. The fourth-order valence-electron chi connectivity index (χ4n) is 2.77. The van der Waals surface area contributed by atoms with Crippen molar-refractivity contribution in [2.75, 3.05) is 0 Å². The number of hydrogen-bond acceptors (Lipinski definition) is 1. The molecule has 1 aromatic rings. The first kappa shape index (κ1) is 13.5. The summed E-state index contributed by atoms with van der Waals surface area (Å²) in [6.45, 7) is 6.26. The van der Waals surface area contributed by atoms with Gasteiger partial charge >= 0.3 is 0 Å². The molecule has 1 aliphatic carbocycles. The van der Waals surface area contributed by atoms with Crippen molar-refractivity contribution in [3.05, 3.63) is 29.8 Å². The highest BCUT2D eigenvalue weighted by Gasteiger charge is 2.14. The summed E-state index contributed by atoms with van der Waals surface area (Å²) in [5, 5.41) is 0. The predicted octanol–water partition coefficient (Wildman–Crippen LogP) is 4.99. The first-order valence-electron chi connectivity index (χ1n) is 7.31. The molecule has 0 bridgehead atoms. The van der Waals surface area contributed by atoms with Crippen LogP contribution in [0.4, 0.5) is 0 Å². The predicted molar refractivity (Wildman–Crippen MR) is 77.1 cm³/mol. The van der Waals surface area contributed by atoms with Gasteiger partial charge in [0.25, 0.3) is 0 Å². The summed E-state index contributed by atoms with van der Waals surface area (Å²) < 4.78 is 5.85. The number of benzene rings is 1. The van der Waals surface area contributed by atoms with Gasteiger partial charge in [0, 0.05) is 0 Å². The summed E-state index contributed by atoms with van der Waals surface area (Å²) in [5.41, 5.74) is 1.35. The van der Waals surface area contributed by atoms with Gasteiger partial charge in [-0.15, -0.1) is 0 Å². The summed E-state index contributed by atoms with van der Waals surface area (Å²) in [7, 11) is 0. The monoisotopic (exact) mass is 246 g/mol. The van der Waals surface area contributed by atoms with Gasteiger partial charge in [0.15, 0.2) is 0 Å². The normalized spacial score (nSPS) is 17.7. The van der Waals surface area contributed by atoms with Gasteiger partial charge in [-0.1, -0.05) is 44.2 Å². The topological polar surface area (TPSA) is 9.23 Å². The Kier molecular flexibility index (Phi) is 4.31. The largest absolute Gasteiger partial charge is 0.488 e. The highest BCUT2D eigenvalue weighted by molar-refractivity contribution is 5.28. The van der Waals surface area contributed by atoms with Crippen molar-refractivity contribution in [2.45, 2.75) is 64.9 Å². The van der Waals surface area contributed by atoms with E-state index in [1.807, 2.05) is 0 Å². The van der Waals surface area contributed by atoms with Gasteiger partial charge in [0.1, 0.15) is 11.4 Å². The maximum Gasteiger partial charge on any atom is 0.120 e. The van der Waals surface area contributed by atoms with E-state index in [2.05, 4.69) is 45.0 Å². The fraction of sp³-hybridized carbons (Fsp3) is 0.647. The van der Waals surface area contributed by atoms with Crippen molar-refractivity contribution in [1.82, 2.24) is 0 Å². The molecule has 0 spiro atoms. The maximum atomic E-state index is 5.85. The molecule has 0 heterocycles. The van der Waals surface area contributed by atoms with E-state index in [4.69, 9.17) is 4.74 Å². The molecule has 0 saturated heterocycles. The molecule has 100 valence electrons. The second kappa shape index (κ2) is 5.77. The highest BCUT2D eigenvalue weighted by atomic mass is 16.5. The Morgan fingerprint density at radius 2 is 1.61 bits per heavy atom. The molecule has 1 fully saturated rings. The van der Waals surface area contributed by atoms with Crippen LogP contribution in [0.2, 0.25) is 0 Å². The number of rotatable bonds is 3. The Balaban J connectivity index is 1.90. The third-order valence-electron chi connectivity index (χ3n) is 3.60. The summed E-state index contributed by atoms with van der Waals surface area (Å²) in [6, 6.07) is 8.69. The number of hydrogen-bond donors (Lipinski definition) is 0. The zero-order valence-corrected chi connectivity index (χ0v) is 12.0. The fourth-order valence-corrected chi connectivity index (χ4v) is 2.77. The molecule has 0 atom stereocenters. The van der Waals surface area contributed by atoms with Crippen molar-refractivity contribution in [3.8, 4) is 5.75 Å². The maximum absolute atomic E-state index is 5.85. The van der Waals surface area contributed by atoms with Crippen molar-refractivity contribution in [2.24, 2.45) is 5.92 Å². The Bertz CT molecular complexity index is 352. The lowest BCUT2D eigenvalue weighted by Crippen LogP contribution is -2.22. The summed E-state index contributed by atoms with van der Waals surface area (Å²) in [4.78, 5) is 0. The zero-order chi connectivity index (χ0) is 13.0. The SMILES string of the molecule is CC(C)(C)Oc1ccc(CC2CCCCC2)cc1. The second-order valence-electron chi connectivity index (χ2n) is 6.57. The molecule has 0 N–H and O–H groups in total.